The highest BCUT2D eigenvalue weighted by molar-refractivity contribution is 6.35. The summed E-state index contributed by atoms with van der Waals surface area (Å²) in [4.78, 5) is 0. The van der Waals surface area contributed by atoms with Crippen LogP contribution in [0.1, 0.15) is 36.6 Å². The molecule has 0 aliphatic rings. The van der Waals surface area contributed by atoms with Crippen LogP contribution in [0.25, 0.3) is 0 Å². The van der Waals surface area contributed by atoms with Gasteiger partial charge in [0.25, 0.3) is 0 Å². The van der Waals surface area contributed by atoms with Gasteiger partial charge in [-0.2, -0.15) is 0 Å². The zero-order chi connectivity index (χ0) is 20.6. The van der Waals surface area contributed by atoms with Gasteiger partial charge in [-0.15, -0.1) is 0 Å². The topological polar surface area (TPSA) is 30.5 Å². The highest BCUT2D eigenvalue weighted by atomic mass is 35.5. The Morgan fingerprint density at radius 3 is 2.28 bits per heavy atom. The van der Waals surface area contributed by atoms with Crippen LogP contribution in [-0.4, -0.2) is 6.61 Å². The lowest BCUT2D eigenvalue weighted by Gasteiger charge is -2.17. The molecule has 5 heteroatoms. The Hall–Kier alpha value is -2.20. The summed E-state index contributed by atoms with van der Waals surface area (Å²) in [6.07, 6.45) is 0. The van der Waals surface area contributed by atoms with Gasteiger partial charge in [-0.1, -0.05) is 65.7 Å². The fourth-order valence-electron chi connectivity index (χ4n) is 3.00. The van der Waals surface area contributed by atoms with Gasteiger partial charge in [-0.05, 0) is 49.2 Å². The predicted octanol–water partition coefficient (Wildman–Crippen LogP) is 6.82. The van der Waals surface area contributed by atoms with Crippen molar-refractivity contribution in [2.75, 3.05) is 6.61 Å². The summed E-state index contributed by atoms with van der Waals surface area (Å²) in [6.45, 7) is 5.68. The van der Waals surface area contributed by atoms with Crippen molar-refractivity contribution in [3.63, 3.8) is 0 Å². The van der Waals surface area contributed by atoms with E-state index in [4.69, 9.17) is 32.7 Å². The van der Waals surface area contributed by atoms with Crippen LogP contribution in [0.15, 0.2) is 66.7 Å². The first kappa shape index (κ1) is 21.5. The molecule has 0 heterocycles. The van der Waals surface area contributed by atoms with Gasteiger partial charge in [0, 0.05) is 28.2 Å². The molecule has 0 fully saturated rings. The molecule has 3 nitrogen and oxygen atoms in total. The van der Waals surface area contributed by atoms with E-state index in [-0.39, 0.29) is 12.6 Å². The fraction of sp³-hybridized carbons (Fsp3) is 0.250. The minimum absolute atomic E-state index is 0.255. The maximum Gasteiger partial charge on any atom is 0.161 e. The molecule has 3 aromatic rings. The molecule has 0 amide bonds. The molecule has 0 aliphatic heterocycles. The lowest BCUT2D eigenvalue weighted by molar-refractivity contribution is 0.269. The number of ether oxygens (including phenoxy) is 2. The van der Waals surface area contributed by atoms with Crippen molar-refractivity contribution in [3.8, 4) is 11.5 Å². The lowest BCUT2D eigenvalue weighted by atomic mass is 10.1. The molecular formula is C24H25Cl2NO2. The molecule has 0 bridgehead atoms. The van der Waals surface area contributed by atoms with E-state index in [0.29, 0.717) is 28.2 Å². The van der Waals surface area contributed by atoms with Crippen LogP contribution in [0.3, 0.4) is 0 Å². The molecule has 1 atom stereocenters. The normalized spacial score (nSPS) is 11.9. The third kappa shape index (κ3) is 5.89. The first-order valence-corrected chi connectivity index (χ1v) is 10.4. The van der Waals surface area contributed by atoms with Crippen LogP contribution in [0.5, 0.6) is 11.5 Å². The molecule has 0 saturated carbocycles. The van der Waals surface area contributed by atoms with Crippen LogP contribution < -0.4 is 14.8 Å². The number of nitrogens with one attached hydrogen (secondary N) is 1. The molecule has 0 aliphatic carbocycles. The van der Waals surface area contributed by atoms with Crippen molar-refractivity contribution in [1.29, 1.82) is 0 Å². The predicted molar refractivity (Wildman–Crippen MR) is 120 cm³/mol. The molecule has 152 valence electrons. The number of hydrogen-bond acceptors (Lipinski definition) is 3. The Morgan fingerprint density at radius 2 is 1.59 bits per heavy atom. The second kappa shape index (κ2) is 10.5. The van der Waals surface area contributed by atoms with Crippen LogP contribution in [0.4, 0.5) is 0 Å². The maximum atomic E-state index is 6.24. The number of hydrogen-bond donors (Lipinski definition) is 1. The smallest absolute Gasteiger partial charge is 0.161 e. The second-order valence-corrected chi connectivity index (χ2v) is 7.53. The second-order valence-electron chi connectivity index (χ2n) is 6.72. The number of halogens is 2. The average Bonchev–Trinajstić information content (AvgIpc) is 2.73. The summed E-state index contributed by atoms with van der Waals surface area (Å²) in [5, 5.41) is 4.72. The Morgan fingerprint density at radius 1 is 0.862 bits per heavy atom. The van der Waals surface area contributed by atoms with Crippen molar-refractivity contribution >= 4 is 23.2 Å². The van der Waals surface area contributed by atoms with Crippen LogP contribution in [0, 0.1) is 0 Å². The third-order valence-corrected chi connectivity index (χ3v) is 5.36. The number of rotatable bonds is 9. The highest BCUT2D eigenvalue weighted by Gasteiger charge is 2.11. The fourth-order valence-corrected chi connectivity index (χ4v) is 3.51. The molecule has 1 N–H and O–H groups in total. The first-order valence-electron chi connectivity index (χ1n) is 9.68. The molecule has 0 aromatic heterocycles. The van der Waals surface area contributed by atoms with Gasteiger partial charge in [0.15, 0.2) is 11.5 Å². The molecular weight excluding hydrogens is 405 g/mol. The highest BCUT2D eigenvalue weighted by Crippen LogP contribution is 2.32. The number of benzene rings is 3. The Kier molecular flexibility index (Phi) is 7.82. The summed E-state index contributed by atoms with van der Waals surface area (Å²) < 4.78 is 11.8. The van der Waals surface area contributed by atoms with Gasteiger partial charge >= 0.3 is 0 Å². The van der Waals surface area contributed by atoms with E-state index < -0.39 is 0 Å². The standard InChI is InChI=1S/C24H25Cl2NO2/c1-3-28-24-14-18(15-27-17(2)19-8-5-4-6-9-19)12-13-23(24)29-16-20-21(25)10-7-11-22(20)26/h4-14,17,27H,3,15-16H2,1-2H3/t17-/m1/s1. The van der Waals surface area contributed by atoms with Crippen molar-refractivity contribution < 1.29 is 9.47 Å². The Bertz CT molecular complexity index is 911. The van der Waals surface area contributed by atoms with Gasteiger partial charge in [-0.25, -0.2) is 0 Å². The summed E-state index contributed by atoms with van der Waals surface area (Å²) in [5.41, 5.74) is 3.15. The quantitative estimate of drug-likeness (QED) is 0.404. The maximum absolute atomic E-state index is 6.24. The Labute approximate surface area is 182 Å². The van der Waals surface area contributed by atoms with Gasteiger partial charge in [0.05, 0.1) is 6.61 Å². The Balaban J connectivity index is 1.68. The van der Waals surface area contributed by atoms with Crippen LogP contribution in [-0.2, 0) is 13.2 Å². The third-order valence-electron chi connectivity index (χ3n) is 4.65. The van der Waals surface area contributed by atoms with Gasteiger partial charge in [-0.3, -0.25) is 0 Å². The van der Waals surface area contributed by atoms with Crippen molar-refractivity contribution in [2.24, 2.45) is 0 Å². The van der Waals surface area contributed by atoms with E-state index in [2.05, 4.69) is 36.5 Å². The molecule has 0 unspecified atom stereocenters. The van der Waals surface area contributed by atoms with E-state index in [1.165, 1.54) is 5.56 Å². The monoisotopic (exact) mass is 429 g/mol. The molecule has 3 rings (SSSR count). The largest absolute Gasteiger partial charge is 0.490 e. The zero-order valence-electron chi connectivity index (χ0n) is 16.6. The van der Waals surface area contributed by atoms with E-state index in [1.54, 1.807) is 12.1 Å². The molecule has 0 saturated heterocycles. The summed E-state index contributed by atoms with van der Waals surface area (Å²) in [6, 6.07) is 22.0. The van der Waals surface area contributed by atoms with Crippen LogP contribution >= 0.6 is 23.2 Å². The van der Waals surface area contributed by atoms with E-state index in [0.717, 1.165) is 17.7 Å². The minimum Gasteiger partial charge on any atom is -0.490 e. The average molecular weight is 430 g/mol. The first-order chi connectivity index (χ1) is 14.1. The van der Waals surface area contributed by atoms with E-state index >= 15 is 0 Å². The van der Waals surface area contributed by atoms with E-state index in [9.17, 15) is 0 Å². The molecule has 0 radical (unpaired) electrons. The van der Waals surface area contributed by atoms with Gasteiger partial charge < -0.3 is 14.8 Å². The van der Waals surface area contributed by atoms with Crippen LogP contribution in [0.2, 0.25) is 10.0 Å². The molecule has 3 aromatic carbocycles. The summed E-state index contributed by atoms with van der Waals surface area (Å²) >= 11 is 12.5. The SMILES string of the molecule is CCOc1cc(CN[C@H](C)c2ccccc2)ccc1OCc1c(Cl)cccc1Cl. The molecule has 29 heavy (non-hydrogen) atoms. The van der Waals surface area contributed by atoms with Crippen molar-refractivity contribution in [1.82, 2.24) is 5.32 Å². The summed E-state index contributed by atoms with van der Waals surface area (Å²) in [5.74, 6) is 1.38. The minimum atomic E-state index is 0.255. The summed E-state index contributed by atoms with van der Waals surface area (Å²) in [7, 11) is 0. The van der Waals surface area contributed by atoms with E-state index in [1.807, 2.05) is 37.3 Å². The van der Waals surface area contributed by atoms with Crippen molar-refractivity contribution in [2.45, 2.75) is 33.0 Å². The lowest BCUT2D eigenvalue weighted by Crippen LogP contribution is -2.18. The van der Waals surface area contributed by atoms with Gasteiger partial charge in [0.1, 0.15) is 6.61 Å². The molecule has 0 spiro atoms. The van der Waals surface area contributed by atoms with Crippen molar-refractivity contribution in [3.05, 3.63) is 93.5 Å². The van der Waals surface area contributed by atoms with Gasteiger partial charge in [0.2, 0.25) is 0 Å². The zero-order valence-corrected chi connectivity index (χ0v) is 18.1.